The number of para-hydroxylation sites is 1. The van der Waals surface area contributed by atoms with Gasteiger partial charge in [0.05, 0.1) is 58.6 Å². The van der Waals surface area contributed by atoms with Crippen molar-refractivity contribution in [3.63, 3.8) is 0 Å². The monoisotopic (exact) mass is 1210 g/mol. The molecule has 82 heavy (non-hydrogen) atoms. The number of rotatable bonds is 16. The van der Waals surface area contributed by atoms with Crippen molar-refractivity contribution >= 4 is 85.9 Å². The molecule has 0 saturated heterocycles. The number of hydrogen-bond acceptors (Lipinski definition) is 25. The summed E-state index contributed by atoms with van der Waals surface area (Å²) in [6.45, 7) is 6.16. The van der Waals surface area contributed by atoms with Crippen molar-refractivity contribution in [2.75, 3.05) is 62.3 Å². The number of nitrogens with two attached hydrogens (primary N) is 3. The first-order valence-corrected chi connectivity index (χ1v) is 31.3. The molecular formula is C48H54N15O15P3S. The molecule has 0 saturated carbocycles. The van der Waals surface area contributed by atoms with Gasteiger partial charge in [0.2, 0.25) is 17.8 Å². The second-order valence-corrected chi connectivity index (χ2v) is 25.0. The average molecular weight is 1210 g/mol. The third-order valence-corrected chi connectivity index (χ3v) is 17.6. The zero-order valence-electron chi connectivity index (χ0n) is 44.0. The van der Waals surface area contributed by atoms with Crippen molar-refractivity contribution in [2.24, 2.45) is 0 Å². The molecule has 3 aliphatic heterocycles. The highest BCUT2D eigenvalue weighted by Gasteiger charge is 2.35. The van der Waals surface area contributed by atoms with Gasteiger partial charge in [-0.1, -0.05) is 35.9 Å². The Morgan fingerprint density at radius 2 is 0.976 bits per heavy atom. The topological polar surface area (TPSA) is 403 Å². The molecule has 432 valence electrons. The number of aromatic nitrogens is 12. The maximum atomic E-state index is 12.7. The number of H-pyrrole nitrogens is 3. The quantitative estimate of drug-likeness (QED) is 0.0379. The number of aromatic amines is 3. The fraction of sp³-hybridized carbons (Fsp3) is 0.312. The Morgan fingerprint density at radius 3 is 1.43 bits per heavy atom. The van der Waals surface area contributed by atoms with Gasteiger partial charge in [-0.3, -0.25) is 42.9 Å². The third-order valence-electron chi connectivity index (χ3n) is 12.4. The maximum Gasteiger partial charge on any atom is 0.405 e. The molecule has 0 aliphatic carbocycles. The van der Waals surface area contributed by atoms with Crippen LogP contribution in [0.4, 0.5) is 17.8 Å². The summed E-state index contributed by atoms with van der Waals surface area (Å²) < 4.78 is 92.5. The van der Waals surface area contributed by atoms with Crippen LogP contribution >= 0.6 is 34.5 Å². The van der Waals surface area contributed by atoms with E-state index in [-0.39, 0.29) is 93.1 Å². The molecular weight excluding hydrogens is 1150 g/mol. The number of anilines is 3. The van der Waals surface area contributed by atoms with Gasteiger partial charge in [0.1, 0.15) is 17.2 Å². The van der Waals surface area contributed by atoms with Crippen LogP contribution in [0.25, 0.3) is 33.5 Å². The van der Waals surface area contributed by atoms with Gasteiger partial charge in [-0.05, 0) is 49.9 Å². The van der Waals surface area contributed by atoms with Crippen LogP contribution in [0.2, 0.25) is 0 Å². The number of fused-ring (bicyclic) bond motifs is 6. The Bertz CT molecular complexity index is 4180. The first-order valence-electron chi connectivity index (χ1n) is 24.9. The van der Waals surface area contributed by atoms with E-state index in [1.807, 2.05) is 62.6 Å². The van der Waals surface area contributed by atoms with Crippen LogP contribution in [0.1, 0.15) is 27.8 Å². The molecule has 3 atom stereocenters. The summed E-state index contributed by atoms with van der Waals surface area (Å²) in [4.78, 5) is 67.8. The highest BCUT2D eigenvalue weighted by Crippen LogP contribution is 2.56. The molecule has 3 aromatic carbocycles. The molecule has 30 nitrogen and oxygen atoms in total. The number of ether oxygens (including phenoxy) is 3. The summed E-state index contributed by atoms with van der Waals surface area (Å²) in [6.07, 6.45) is 5.88. The van der Waals surface area contributed by atoms with Crippen molar-refractivity contribution in [3.8, 4) is 17.2 Å². The number of hydrogen-bond donors (Lipinski definition) is 6. The van der Waals surface area contributed by atoms with Crippen molar-refractivity contribution in [1.82, 2.24) is 58.6 Å². The summed E-state index contributed by atoms with van der Waals surface area (Å²) in [5.74, 6) is 1.73. The van der Waals surface area contributed by atoms with Crippen LogP contribution in [0.15, 0.2) is 92.9 Å². The van der Waals surface area contributed by atoms with Gasteiger partial charge < -0.3 is 58.7 Å². The van der Waals surface area contributed by atoms with Crippen LogP contribution in [-0.4, -0.2) is 104 Å². The minimum atomic E-state index is -3.38. The Morgan fingerprint density at radius 1 is 0.561 bits per heavy atom. The number of thioether (sulfide) groups is 1. The lowest BCUT2D eigenvalue weighted by atomic mass is 10.1. The summed E-state index contributed by atoms with van der Waals surface area (Å²) in [5, 5.41) is 0. The van der Waals surface area contributed by atoms with Crippen molar-refractivity contribution in [1.29, 1.82) is 0 Å². The van der Waals surface area contributed by atoms with E-state index in [0.717, 1.165) is 32.7 Å². The molecule has 9 N–H and O–H groups in total. The van der Waals surface area contributed by atoms with Crippen LogP contribution in [0.5, 0.6) is 17.2 Å². The highest BCUT2D eigenvalue weighted by molar-refractivity contribution is 7.98. The van der Waals surface area contributed by atoms with E-state index in [2.05, 4.69) is 44.9 Å². The first-order chi connectivity index (χ1) is 39.4. The van der Waals surface area contributed by atoms with Gasteiger partial charge in [-0.2, -0.15) is 15.0 Å². The fourth-order valence-corrected chi connectivity index (χ4v) is 13.0. The van der Waals surface area contributed by atoms with E-state index >= 15 is 0 Å². The maximum absolute atomic E-state index is 12.7. The van der Waals surface area contributed by atoms with E-state index in [0.29, 0.717) is 53.8 Å². The molecule has 0 radical (unpaired) electrons. The minimum Gasteiger partial charge on any atom is -0.422 e. The Kier molecular flexibility index (Phi) is 17.1. The molecule has 0 amide bonds. The zero-order chi connectivity index (χ0) is 57.8. The molecule has 3 unspecified atom stereocenters. The van der Waals surface area contributed by atoms with E-state index in [4.69, 9.17) is 58.6 Å². The number of nitrogens with one attached hydrogen (secondary N) is 3. The van der Waals surface area contributed by atoms with E-state index in [1.54, 1.807) is 37.6 Å². The lowest BCUT2D eigenvalue weighted by Gasteiger charge is -2.26. The summed E-state index contributed by atoms with van der Waals surface area (Å²) in [7, 11) is -10.1. The Labute approximate surface area is 468 Å². The number of imidazole rings is 3. The normalized spacial score (nSPS) is 18.9. The molecule has 9 aromatic rings. The zero-order valence-corrected chi connectivity index (χ0v) is 47.5. The Balaban J connectivity index is 0.000000138. The van der Waals surface area contributed by atoms with Crippen LogP contribution < -0.4 is 47.5 Å². The summed E-state index contributed by atoms with van der Waals surface area (Å²) in [6, 6.07) is 16.9. The largest absolute Gasteiger partial charge is 0.422 e. The predicted octanol–water partition coefficient (Wildman–Crippen LogP) is 5.77. The van der Waals surface area contributed by atoms with E-state index in [1.165, 1.54) is 19.0 Å². The van der Waals surface area contributed by atoms with Crippen LogP contribution in [0.3, 0.4) is 0 Å². The molecule has 9 heterocycles. The van der Waals surface area contributed by atoms with Crippen molar-refractivity contribution in [2.45, 2.75) is 58.2 Å². The van der Waals surface area contributed by atoms with Crippen LogP contribution in [-0.2, 0) is 80.9 Å². The van der Waals surface area contributed by atoms with Gasteiger partial charge in [0.15, 0.2) is 52.5 Å². The van der Waals surface area contributed by atoms with Crippen molar-refractivity contribution in [3.05, 3.63) is 132 Å². The molecule has 0 bridgehead atoms. The third kappa shape index (κ3) is 13.3. The minimum absolute atomic E-state index is 0.0110. The SMILES string of the molecule is CSc1ccc2c(c1)COP(=O)(COCCn1cnc3c(=O)[nH]c(N)nc31)O2.Cc1ccc2c(c1)COP(=O)(COCCn1cnc3c(=O)[nH]c(N)nc31)O2.Cc1cccc2c1OP(=O)(COCCn1cnc3c(=O)[nH]c(N)nc31)OC2. The molecule has 0 spiro atoms. The van der Waals surface area contributed by atoms with E-state index < -0.39 is 39.5 Å². The molecule has 3 aliphatic rings. The standard InChI is InChI=1S/C16H18N5O5PS.2C16H18N5O5P/c1-28-11-2-3-12-10(6-11)7-25-27(23,26-12)9-24-5-4-21-8-18-13-14(21)19-16(17)20-15(13)22;1-10-2-3-12-11(6-10)7-25-27(23,26-12)9-24-5-4-21-8-18-13-14(21)19-16(17)20-15(13)22;1-10-3-2-4-11-7-25-27(23,26-13(10)11)9-24-6-5-21-8-18-12-14(21)19-16(17)20-15(12)22/h2-3,6,8H,4-5,7,9H2,1H3,(H3,17,19,20,22);2-3,6,8H,4-5,7,9H2,1H3,(H3,17,19,20,22);2-4,8H,5-7,9H2,1H3,(H3,17,19,20,22). The number of benzene rings is 3. The predicted molar refractivity (Wildman–Crippen MR) is 300 cm³/mol. The van der Waals surface area contributed by atoms with Gasteiger partial charge >= 0.3 is 22.8 Å². The molecule has 34 heteroatoms. The molecule has 6 aromatic heterocycles. The van der Waals surface area contributed by atoms with Gasteiger partial charge in [0.25, 0.3) is 16.7 Å². The van der Waals surface area contributed by atoms with Gasteiger partial charge in [0, 0.05) is 41.2 Å². The second kappa shape index (κ2) is 24.4. The van der Waals surface area contributed by atoms with E-state index in [9.17, 15) is 28.1 Å². The number of nitrogen functional groups attached to an aromatic ring is 3. The van der Waals surface area contributed by atoms with Crippen molar-refractivity contribution < 1.29 is 55.0 Å². The smallest absolute Gasteiger partial charge is 0.405 e. The number of aryl methyl sites for hydroxylation is 2. The van der Waals surface area contributed by atoms with Gasteiger partial charge in [-0.15, -0.1) is 11.8 Å². The average Bonchev–Trinajstić information content (AvgIpc) is 4.36. The lowest BCUT2D eigenvalue weighted by molar-refractivity contribution is 0.132. The Hall–Kier alpha value is -7.69. The fourth-order valence-electron chi connectivity index (χ4n) is 8.39. The lowest BCUT2D eigenvalue weighted by Crippen LogP contribution is -2.15. The highest BCUT2D eigenvalue weighted by atomic mass is 32.2. The second-order valence-electron chi connectivity index (χ2n) is 18.4. The summed E-state index contributed by atoms with van der Waals surface area (Å²) >= 11 is 1.61. The van der Waals surface area contributed by atoms with Crippen LogP contribution in [0, 0.1) is 13.8 Å². The summed E-state index contributed by atoms with van der Waals surface area (Å²) in [5.41, 5.74) is 21.7. The van der Waals surface area contributed by atoms with Gasteiger partial charge in [-0.25, -0.2) is 28.6 Å². The number of nitrogens with zero attached hydrogens (tertiary/aromatic N) is 9. The molecule has 12 rings (SSSR count). The first kappa shape index (κ1) is 57.5. The molecule has 0 fully saturated rings.